The summed E-state index contributed by atoms with van der Waals surface area (Å²) in [7, 11) is 0. The number of aryl methyl sites for hydroxylation is 1. The van der Waals surface area contributed by atoms with Gasteiger partial charge in [0.25, 0.3) is 0 Å². The average molecular weight is 294 g/mol. The maximum atomic E-state index is 5.88. The van der Waals surface area contributed by atoms with Crippen LogP contribution in [0.4, 0.5) is 5.13 Å². The zero-order valence-electron chi connectivity index (χ0n) is 10.5. The lowest BCUT2D eigenvalue weighted by atomic mass is 9.97. The molecule has 1 aliphatic carbocycles. The number of nitrogen functional groups attached to an aromatic ring is 1. The van der Waals surface area contributed by atoms with Crippen molar-refractivity contribution in [1.29, 1.82) is 0 Å². The van der Waals surface area contributed by atoms with Crippen LogP contribution in [0, 0.1) is 0 Å². The highest BCUT2D eigenvalue weighted by Gasteiger charge is 2.21. The zero-order chi connectivity index (χ0) is 13.2. The van der Waals surface area contributed by atoms with Crippen LogP contribution in [-0.2, 0) is 19.4 Å². The first-order valence-electron chi connectivity index (χ1n) is 6.42. The number of hydrogen-bond acceptors (Lipinski definition) is 4. The molecule has 0 saturated heterocycles. The normalized spacial score (nSPS) is 18.3. The Labute approximate surface area is 121 Å². The molecule has 0 bridgehead atoms. The summed E-state index contributed by atoms with van der Waals surface area (Å²) in [4.78, 5) is 5.71. The third-order valence-corrected chi connectivity index (χ3v) is 4.67. The predicted octanol–water partition coefficient (Wildman–Crippen LogP) is 3.03. The van der Waals surface area contributed by atoms with Gasteiger partial charge in [0.15, 0.2) is 5.13 Å². The van der Waals surface area contributed by atoms with Gasteiger partial charge in [0.05, 0.1) is 5.69 Å². The number of rotatable bonds is 3. The van der Waals surface area contributed by atoms with Gasteiger partial charge in [-0.3, -0.25) is 0 Å². The predicted molar refractivity (Wildman–Crippen MR) is 80.6 cm³/mol. The van der Waals surface area contributed by atoms with Crippen LogP contribution in [0.25, 0.3) is 0 Å². The van der Waals surface area contributed by atoms with Crippen LogP contribution in [-0.4, -0.2) is 11.0 Å². The van der Waals surface area contributed by atoms with E-state index in [1.165, 1.54) is 16.1 Å². The molecule has 0 amide bonds. The SMILES string of the molecule is Nc1nc2c(s1)CC(NCc1ccc(Cl)cc1)CC2. The van der Waals surface area contributed by atoms with Crippen LogP contribution in [0.3, 0.4) is 0 Å². The highest BCUT2D eigenvalue weighted by atomic mass is 35.5. The fourth-order valence-electron chi connectivity index (χ4n) is 2.43. The lowest BCUT2D eigenvalue weighted by Gasteiger charge is -2.22. The molecular weight excluding hydrogens is 278 g/mol. The Morgan fingerprint density at radius 1 is 1.37 bits per heavy atom. The number of benzene rings is 1. The topological polar surface area (TPSA) is 50.9 Å². The number of fused-ring (bicyclic) bond motifs is 1. The van der Waals surface area contributed by atoms with E-state index in [2.05, 4.69) is 22.4 Å². The molecule has 3 rings (SSSR count). The smallest absolute Gasteiger partial charge is 0.180 e. The molecule has 2 aromatic rings. The molecule has 0 radical (unpaired) electrons. The first kappa shape index (κ1) is 12.9. The monoisotopic (exact) mass is 293 g/mol. The maximum Gasteiger partial charge on any atom is 0.180 e. The molecule has 0 fully saturated rings. The Morgan fingerprint density at radius 2 is 2.16 bits per heavy atom. The van der Waals surface area contributed by atoms with Crippen molar-refractivity contribution in [3.05, 3.63) is 45.4 Å². The van der Waals surface area contributed by atoms with Crippen LogP contribution < -0.4 is 11.1 Å². The summed E-state index contributed by atoms with van der Waals surface area (Å²) in [6.45, 7) is 0.880. The minimum Gasteiger partial charge on any atom is -0.375 e. The standard InChI is InChI=1S/C14H16ClN3S/c15-10-3-1-9(2-4-10)8-17-11-5-6-12-13(7-11)19-14(16)18-12/h1-4,11,17H,5-8H2,(H2,16,18). The van der Waals surface area contributed by atoms with Gasteiger partial charge in [-0.15, -0.1) is 11.3 Å². The molecule has 1 heterocycles. The zero-order valence-corrected chi connectivity index (χ0v) is 12.1. The van der Waals surface area contributed by atoms with Crippen molar-refractivity contribution in [3.8, 4) is 0 Å². The summed E-state index contributed by atoms with van der Waals surface area (Å²) in [5.74, 6) is 0. The van der Waals surface area contributed by atoms with E-state index >= 15 is 0 Å². The highest BCUT2D eigenvalue weighted by Crippen LogP contribution is 2.28. The number of nitrogens with two attached hydrogens (primary N) is 1. The van der Waals surface area contributed by atoms with Crippen molar-refractivity contribution in [2.75, 3.05) is 5.73 Å². The van der Waals surface area contributed by atoms with Gasteiger partial charge in [0.2, 0.25) is 0 Å². The van der Waals surface area contributed by atoms with Crippen molar-refractivity contribution >= 4 is 28.1 Å². The Balaban J connectivity index is 1.58. The summed E-state index contributed by atoms with van der Waals surface area (Å²) in [5, 5.41) is 5.08. The molecule has 1 aromatic heterocycles. The number of nitrogens with one attached hydrogen (secondary N) is 1. The Hall–Kier alpha value is -1.10. The first-order chi connectivity index (χ1) is 9.20. The van der Waals surface area contributed by atoms with Gasteiger partial charge in [0, 0.05) is 22.5 Å². The van der Waals surface area contributed by atoms with Crippen LogP contribution >= 0.6 is 22.9 Å². The van der Waals surface area contributed by atoms with Crippen molar-refractivity contribution < 1.29 is 0 Å². The van der Waals surface area contributed by atoms with Gasteiger partial charge >= 0.3 is 0 Å². The Morgan fingerprint density at radius 3 is 2.95 bits per heavy atom. The molecular formula is C14H16ClN3S. The van der Waals surface area contributed by atoms with Crippen LogP contribution in [0.15, 0.2) is 24.3 Å². The summed E-state index contributed by atoms with van der Waals surface area (Å²) < 4.78 is 0. The fraction of sp³-hybridized carbons (Fsp3) is 0.357. The van der Waals surface area contributed by atoms with E-state index in [-0.39, 0.29) is 0 Å². The molecule has 0 spiro atoms. The van der Waals surface area contributed by atoms with E-state index in [0.29, 0.717) is 11.2 Å². The minimum absolute atomic E-state index is 0.517. The summed E-state index contributed by atoms with van der Waals surface area (Å²) >= 11 is 7.51. The lowest BCUT2D eigenvalue weighted by Crippen LogP contribution is -2.33. The summed E-state index contributed by atoms with van der Waals surface area (Å²) in [5.41, 5.74) is 8.22. The van der Waals surface area contributed by atoms with E-state index in [0.717, 1.165) is 30.8 Å². The van der Waals surface area contributed by atoms with Crippen LogP contribution in [0.1, 0.15) is 22.6 Å². The van der Waals surface area contributed by atoms with Gasteiger partial charge in [-0.05, 0) is 37.0 Å². The second-order valence-electron chi connectivity index (χ2n) is 4.87. The van der Waals surface area contributed by atoms with E-state index in [4.69, 9.17) is 17.3 Å². The van der Waals surface area contributed by atoms with E-state index in [9.17, 15) is 0 Å². The number of anilines is 1. The van der Waals surface area contributed by atoms with Gasteiger partial charge in [0.1, 0.15) is 0 Å². The molecule has 3 N–H and O–H groups in total. The van der Waals surface area contributed by atoms with Gasteiger partial charge in [-0.2, -0.15) is 0 Å². The number of hydrogen-bond donors (Lipinski definition) is 2. The molecule has 1 unspecified atom stereocenters. The van der Waals surface area contributed by atoms with E-state index in [1.807, 2.05) is 12.1 Å². The van der Waals surface area contributed by atoms with Crippen LogP contribution in [0.5, 0.6) is 0 Å². The van der Waals surface area contributed by atoms with Gasteiger partial charge in [-0.25, -0.2) is 4.98 Å². The molecule has 5 heteroatoms. The fourth-order valence-corrected chi connectivity index (χ4v) is 3.52. The average Bonchev–Trinajstić information content (AvgIpc) is 2.77. The number of nitrogens with zero attached hydrogens (tertiary/aromatic N) is 1. The number of thiazole rings is 1. The molecule has 1 atom stereocenters. The molecule has 1 aliphatic rings. The van der Waals surface area contributed by atoms with Crippen molar-refractivity contribution in [1.82, 2.24) is 10.3 Å². The third-order valence-electron chi connectivity index (χ3n) is 3.46. The van der Waals surface area contributed by atoms with E-state index < -0.39 is 0 Å². The van der Waals surface area contributed by atoms with Gasteiger partial charge in [-0.1, -0.05) is 23.7 Å². The third kappa shape index (κ3) is 3.08. The quantitative estimate of drug-likeness (QED) is 0.914. The minimum atomic E-state index is 0.517. The van der Waals surface area contributed by atoms with Crippen LogP contribution in [0.2, 0.25) is 5.02 Å². The van der Waals surface area contributed by atoms with E-state index in [1.54, 1.807) is 11.3 Å². The molecule has 0 aliphatic heterocycles. The first-order valence-corrected chi connectivity index (χ1v) is 7.62. The van der Waals surface area contributed by atoms with Crippen molar-refractivity contribution in [2.45, 2.75) is 31.8 Å². The second-order valence-corrected chi connectivity index (χ2v) is 6.42. The molecule has 100 valence electrons. The van der Waals surface area contributed by atoms with Gasteiger partial charge < -0.3 is 11.1 Å². The summed E-state index contributed by atoms with van der Waals surface area (Å²) in [6.07, 6.45) is 3.20. The summed E-state index contributed by atoms with van der Waals surface area (Å²) in [6, 6.07) is 8.51. The Bertz CT molecular complexity index is 565. The highest BCUT2D eigenvalue weighted by molar-refractivity contribution is 7.15. The Kier molecular flexibility index (Phi) is 3.73. The lowest BCUT2D eigenvalue weighted by molar-refractivity contribution is 0.458. The number of halogens is 1. The molecule has 19 heavy (non-hydrogen) atoms. The largest absolute Gasteiger partial charge is 0.375 e. The maximum absolute atomic E-state index is 5.88. The second kappa shape index (κ2) is 5.49. The van der Waals surface area contributed by atoms with Crippen molar-refractivity contribution in [3.63, 3.8) is 0 Å². The molecule has 1 aromatic carbocycles. The molecule has 3 nitrogen and oxygen atoms in total. The van der Waals surface area contributed by atoms with Crippen molar-refractivity contribution in [2.24, 2.45) is 0 Å². The number of aromatic nitrogens is 1. The molecule has 0 saturated carbocycles.